The Kier molecular flexibility index (Phi) is 6.77. The molecule has 2 aromatic carbocycles. The molecule has 0 fully saturated rings. The summed E-state index contributed by atoms with van der Waals surface area (Å²) in [5.41, 5.74) is 2.22. The Balaban J connectivity index is 2.02. The van der Waals surface area contributed by atoms with E-state index in [1.807, 2.05) is 41.0 Å². The molecule has 180 valence electrons. The summed E-state index contributed by atoms with van der Waals surface area (Å²) in [5.74, 6) is -0.111. The fourth-order valence-electron chi connectivity index (χ4n) is 4.57. The van der Waals surface area contributed by atoms with E-state index in [2.05, 4.69) is 13.8 Å². The molecule has 0 saturated heterocycles. The maximum atomic E-state index is 13.9. The first-order valence-electron chi connectivity index (χ1n) is 11.6. The molecule has 34 heavy (non-hydrogen) atoms. The van der Waals surface area contributed by atoms with Crippen molar-refractivity contribution in [3.05, 3.63) is 48.0 Å². The fourth-order valence-corrected chi connectivity index (χ4v) is 4.57. The van der Waals surface area contributed by atoms with Crippen molar-refractivity contribution in [1.82, 2.24) is 9.55 Å². The number of ether oxygens (including phenoxy) is 3. The number of fused-ring (bicyclic) bond motifs is 3. The number of hydrogen-bond donors (Lipinski definition) is 0. The van der Waals surface area contributed by atoms with E-state index in [-0.39, 0.29) is 12.5 Å². The highest BCUT2D eigenvalue weighted by molar-refractivity contribution is 6.08. The summed E-state index contributed by atoms with van der Waals surface area (Å²) < 4.78 is 18.6. The summed E-state index contributed by atoms with van der Waals surface area (Å²) in [4.78, 5) is 33.7. The van der Waals surface area contributed by atoms with E-state index in [0.717, 1.165) is 17.5 Å². The molecule has 1 aliphatic rings. The molecule has 0 radical (unpaired) electrons. The molecule has 0 bridgehead atoms. The molecule has 2 atom stereocenters. The van der Waals surface area contributed by atoms with Crippen molar-refractivity contribution in [2.75, 3.05) is 32.3 Å². The van der Waals surface area contributed by atoms with Crippen LogP contribution in [-0.4, -0.2) is 48.8 Å². The number of methoxy groups -OCH3 is 2. The summed E-state index contributed by atoms with van der Waals surface area (Å²) in [6, 6.07) is 12.4. The minimum absolute atomic E-state index is 0.175. The number of carbonyl (C=O) groups excluding carboxylic acids is 2. The van der Waals surface area contributed by atoms with Crippen LogP contribution >= 0.6 is 0 Å². The van der Waals surface area contributed by atoms with E-state index in [9.17, 15) is 9.59 Å². The first-order chi connectivity index (χ1) is 16.4. The largest absolute Gasteiger partial charge is 0.493 e. The van der Waals surface area contributed by atoms with Gasteiger partial charge in [-0.25, -0.2) is 4.98 Å². The van der Waals surface area contributed by atoms with Gasteiger partial charge in [0, 0.05) is 12.1 Å². The second kappa shape index (κ2) is 9.75. The Labute approximate surface area is 199 Å². The minimum Gasteiger partial charge on any atom is -0.493 e. The van der Waals surface area contributed by atoms with Crippen LogP contribution < -0.4 is 14.4 Å². The van der Waals surface area contributed by atoms with Crippen molar-refractivity contribution in [1.29, 1.82) is 0 Å². The van der Waals surface area contributed by atoms with Gasteiger partial charge >= 0.3 is 5.97 Å². The highest BCUT2D eigenvalue weighted by atomic mass is 16.5. The zero-order valence-corrected chi connectivity index (χ0v) is 20.3. The van der Waals surface area contributed by atoms with Crippen LogP contribution in [0.3, 0.4) is 0 Å². The number of aromatic nitrogens is 2. The third-order valence-corrected chi connectivity index (χ3v) is 6.17. The van der Waals surface area contributed by atoms with Crippen molar-refractivity contribution in [2.24, 2.45) is 11.8 Å². The predicted molar refractivity (Wildman–Crippen MR) is 129 cm³/mol. The van der Waals surface area contributed by atoms with Gasteiger partial charge in [0.25, 0.3) is 0 Å². The van der Waals surface area contributed by atoms with Gasteiger partial charge in [0.2, 0.25) is 11.9 Å². The Morgan fingerprint density at radius 1 is 1.09 bits per heavy atom. The smallest absolute Gasteiger partial charge is 0.321 e. The van der Waals surface area contributed by atoms with Crippen LogP contribution in [0, 0.1) is 11.8 Å². The maximum absolute atomic E-state index is 13.9. The van der Waals surface area contributed by atoms with Crippen LogP contribution in [0.1, 0.15) is 38.8 Å². The lowest BCUT2D eigenvalue weighted by Crippen LogP contribution is -2.50. The molecule has 1 aromatic heterocycles. The third-order valence-electron chi connectivity index (χ3n) is 6.17. The monoisotopic (exact) mass is 465 g/mol. The van der Waals surface area contributed by atoms with Crippen LogP contribution in [0.15, 0.2) is 42.5 Å². The first-order valence-corrected chi connectivity index (χ1v) is 11.6. The molecule has 0 unspecified atom stereocenters. The van der Waals surface area contributed by atoms with Crippen molar-refractivity contribution in [3.63, 3.8) is 0 Å². The normalized spacial score (nSPS) is 17.7. The Hall–Kier alpha value is -3.55. The Morgan fingerprint density at radius 3 is 2.53 bits per heavy atom. The van der Waals surface area contributed by atoms with Gasteiger partial charge in [-0.15, -0.1) is 0 Å². The van der Waals surface area contributed by atoms with Gasteiger partial charge in [-0.1, -0.05) is 38.1 Å². The average Bonchev–Trinajstić information content (AvgIpc) is 3.21. The van der Waals surface area contributed by atoms with Crippen molar-refractivity contribution >= 4 is 28.9 Å². The Morgan fingerprint density at radius 2 is 1.85 bits per heavy atom. The Bertz CT molecular complexity index is 1200. The number of anilines is 1. The summed E-state index contributed by atoms with van der Waals surface area (Å²) in [6.45, 7) is 6.57. The van der Waals surface area contributed by atoms with Gasteiger partial charge in [0.1, 0.15) is 0 Å². The quantitative estimate of drug-likeness (QED) is 0.366. The standard InChI is InChI=1S/C26H31N3O5/c1-6-34-25(31)21-22(17-10-9-13-20(32-4)23(17)33-5)29-19-12-8-7-11-18(19)27-26(29)28(24(21)30)15-14-16(2)3/h7-13,16,21-22H,6,14-15H2,1-5H3/t21-,22-/m0/s1. The minimum atomic E-state index is -1.10. The van der Waals surface area contributed by atoms with Crippen LogP contribution in [0.4, 0.5) is 5.95 Å². The van der Waals surface area contributed by atoms with Crippen LogP contribution in [0.2, 0.25) is 0 Å². The maximum Gasteiger partial charge on any atom is 0.321 e. The zero-order chi connectivity index (χ0) is 24.4. The molecule has 0 saturated carbocycles. The molecule has 0 aliphatic carbocycles. The summed E-state index contributed by atoms with van der Waals surface area (Å²) >= 11 is 0. The van der Waals surface area contributed by atoms with Gasteiger partial charge in [-0.05, 0) is 37.5 Å². The van der Waals surface area contributed by atoms with E-state index in [0.29, 0.717) is 35.5 Å². The summed E-state index contributed by atoms with van der Waals surface area (Å²) in [7, 11) is 3.11. The van der Waals surface area contributed by atoms with Crippen molar-refractivity contribution in [2.45, 2.75) is 33.2 Å². The summed E-state index contributed by atoms with van der Waals surface area (Å²) in [6.07, 6.45) is 0.775. The lowest BCUT2D eigenvalue weighted by Gasteiger charge is -2.38. The molecule has 2 heterocycles. The van der Waals surface area contributed by atoms with Crippen LogP contribution in [0.5, 0.6) is 11.5 Å². The number of hydrogen-bond acceptors (Lipinski definition) is 6. The molecule has 3 aromatic rings. The molecule has 8 nitrogen and oxygen atoms in total. The van der Waals surface area contributed by atoms with Gasteiger partial charge in [0.15, 0.2) is 17.4 Å². The number of carbonyl (C=O) groups is 2. The fraction of sp³-hybridized carbons (Fsp3) is 0.423. The number of benzene rings is 2. The zero-order valence-electron chi connectivity index (χ0n) is 20.3. The number of rotatable bonds is 8. The summed E-state index contributed by atoms with van der Waals surface area (Å²) in [5, 5.41) is 0. The molecule has 1 aliphatic heterocycles. The van der Waals surface area contributed by atoms with E-state index in [1.165, 1.54) is 0 Å². The molecule has 8 heteroatoms. The molecule has 4 rings (SSSR count). The van der Waals surface area contributed by atoms with E-state index < -0.39 is 17.9 Å². The number of para-hydroxylation sites is 3. The second-order valence-electron chi connectivity index (χ2n) is 8.70. The molecular weight excluding hydrogens is 434 g/mol. The highest BCUT2D eigenvalue weighted by Crippen LogP contribution is 2.46. The van der Waals surface area contributed by atoms with Gasteiger partial charge in [-0.2, -0.15) is 0 Å². The average molecular weight is 466 g/mol. The molecule has 0 N–H and O–H groups in total. The molecule has 0 spiro atoms. The number of imidazole rings is 1. The number of amides is 1. The van der Waals surface area contributed by atoms with Crippen LogP contribution in [0.25, 0.3) is 11.0 Å². The van der Waals surface area contributed by atoms with Gasteiger partial charge in [-0.3, -0.25) is 14.5 Å². The van der Waals surface area contributed by atoms with E-state index in [4.69, 9.17) is 19.2 Å². The number of nitrogens with zero attached hydrogens (tertiary/aromatic N) is 3. The van der Waals surface area contributed by atoms with E-state index in [1.54, 1.807) is 32.1 Å². The second-order valence-corrected chi connectivity index (χ2v) is 8.70. The SMILES string of the molecule is CCOC(=O)[C@@H]1C(=O)N(CCC(C)C)c2nc3ccccc3n2[C@H]1c1cccc(OC)c1OC. The lowest BCUT2D eigenvalue weighted by atomic mass is 9.88. The lowest BCUT2D eigenvalue weighted by molar-refractivity contribution is -0.153. The highest BCUT2D eigenvalue weighted by Gasteiger charge is 2.48. The van der Waals surface area contributed by atoms with Crippen molar-refractivity contribution < 1.29 is 23.8 Å². The molecular formula is C26H31N3O5. The third kappa shape index (κ3) is 3.97. The first kappa shape index (κ1) is 23.6. The van der Waals surface area contributed by atoms with Crippen LogP contribution in [-0.2, 0) is 14.3 Å². The predicted octanol–water partition coefficient (Wildman–Crippen LogP) is 4.21. The molecule has 1 amide bonds. The van der Waals surface area contributed by atoms with Gasteiger partial charge in [0.05, 0.1) is 37.9 Å². The van der Waals surface area contributed by atoms with Gasteiger partial charge < -0.3 is 18.8 Å². The number of esters is 1. The van der Waals surface area contributed by atoms with Crippen molar-refractivity contribution in [3.8, 4) is 11.5 Å². The topological polar surface area (TPSA) is 82.9 Å². The van der Waals surface area contributed by atoms with E-state index >= 15 is 0 Å².